The van der Waals surface area contributed by atoms with E-state index in [-0.39, 0.29) is 5.75 Å². The number of rotatable bonds is 6. The zero-order chi connectivity index (χ0) is 16.7. The molecular weight excluding hydrogens is 371 g/mol. The average Bonchev–Trinajstić information content (AvgIpc) is 2.48. The predicted molar refractivity (Wildman–Crippen MR) is 94.3 cm³/mol. The van der Waals surface area contributed by atoms with Crippen LogP contribution < -0.4 is 10.5 Å². The van der Waals surface area contributed by atoms with Crippen molar-refractivity contribution in [1.82, 2.24) is 0 Å². The topological polar surface area (TPSA) is 47.6 Å². The second-order valence-corrected chi connectivity index (χ2v) is 5.88. The molecule has 0 amide bonds. The maximum Gasteiger partial charge on any atom is 0.166 e. The number of hydrogen-bond donors (Lipinski definition) is 1. The van der Waals surface area contributed by atoms with E-state index in [0.29, 0.717) is 33.9 Å². The van der Waals surface area contributed by atoms with E-state index in [1.165, 1.54) is 12.3 Å². The molecule has 0 saturated heterocycles. The number of nitrogens with two attached hydrogens (primary N) is 1. The Morgan fingerprint density at radius 3 is 2.73 bits per heavy atom. The number of ether oxygens (including phenoxy) is 1. The lowest BCUT2D eigenvalue weighted by molar-refractivity contribution is 0.395. The molecule has 0 unspecified atom stereocenters. The largest absolute Gasteiger partial charge is 0.457 e. The Kier molecular flexibility index (Phi) is 7.79. The van der Waals surface area contributed by atoms with Crippen LogP contribution in [-0.4, -0.2) is 12.8 Å². The van der Waals surface area contributed by atoms with Crippen LogP contribution in [0.3, 0.4) is 0 Å². The summed E-state index contributed by atoms with van der Waals surface area (Å²) in [5.41, 5.74) is 7.06. The predicted octanol–water partition coefficient (Wildman–Crippen LogP) is 4.81. The Labute approximate surface area is 143 Å². The molecule has 0 aromatic heterocycles. The molecule has 0 aliphatic heterocycles. The van der Waals surface area contributed by atoms with E-state index in [0.717, 1.165) is 5.56 Å². The highest BCUT2D eigenvalue weighted by atomic mass is 79.9. The van der Waals surface area contributed by atoms with Gasteiger partial charge in [0.25, 0.3) is 0 Å². The van der Waals surface area contributed by atoms with Crippen LogP contribution in [0.25, 0.3) is 0 Å². The van der Waals surface area contributed by atoms with Crippen LogP contribution in [0.2, 0.25) is 0 Å². The monoisotopic (exact) mass is 388 g/mol. The molecule has 6 heteroatoms. The second kappa shape index (κ2) is 9.08. The van der Waals surface area contributed by atoms with Gasteiger partial charge in [-0.2, -0.15) is 0 Å². The van der Waals surface area contributed by atoms with Gasteiger partial charge in [0, 0.05) is 6.21 Å². The summed E-state index contributed by atoms with van der Waals surface area (Å²) >= 11 is 9.11. The van der Waals surface area contributed by atoms with Crippen molar-refractivity contribution in [1.29, 1.82) is 0 Å². The van der Waals surface area contributed by atoms with Crippen molar-refractivity contribution in [2.75, 3.05) is 6.54 Å². The van der Waals surface area contributed by atoms with Crippen LogP contribution in [0, 0.1) is 12.7 Å². The third kappa shape index (κ3) is 5.55. The number of benzene rings is 1. The molecule has 0 bridgehead atoms. The molecule has 0 aliphatic rings. The van der Waals surface area contributed by atoms with Crippen LogP contribution in [0.15, 0.2) is 38.6 Å². The first-order valence-electron chi connectivity index (χ1n) is 6.78. The van der Waals surface area contributed by atoms with Gasteiger partial charge in [-0.3, -0.25) is 0 Å². The Bertz CT molecular complexity index is 604. The molecule has 22 heavy (non-hydrogen) atoms. The van der Waals surface area contributed by atoms with Gasteiger partial charge in [-0.15, -0.1) is 0 Å². The summed E-state index contributed by atoms with van der Waals surface area (Å²) in [6.45, 7) is 5.77. The molecule has 0 atom stereocenters. The molecule has 0 aliphatic carbocycles. The van der Waals surface area contributed by atoms with E-state index < -0.39 is 5.82 Å². The number of halogens is 3. The standard InChI is InChI=1S/C16H19BrClFN2O/c1-4-15(18)21-9-13(17)11(3)22-16-10(2)7-12(5-6-20)8-14(16)19/h4,7-9H,5-6,20H2,1-3H3/b13-11-,15-4?,21-9?. The van der Waals surface area contributed by atoms with Gasteiger partial charge in [-0.05, 0) is 66.9 Å². The number of hydrogen-bond acceptors (Lipinski definition) is 3. The average molecular weight is 390 g/mol. The SMILES string of the molecule is CC=C(Cl)N=C/C(Br)=C(\C)Oc1c(C)cc(CCN)cc1F. The quantitative estimate of drug-likeness (QED) is 0.431. The van der Waals surface area contributed by atoms with E-state index in [4.69, 9.17) is 22.1 Å². The summed E-state index contributed by atoms with van der Waals surface area (Å²) in [5, 5.41) is 0.359. The number of aliphatic imine (C=N–C) groups is 1. The minimum atomic E-state index is -0.411. The van der Waals surface area contributed by atoms with Gasteiger partial charge in [-0.25, -0.2) is 9.38 Å². The molecule has 2 N–H and O–H groups in total. The van der Waals surface area contributed by atoms with E-state index in [1.807, 2.05) is 6.07 Å². The maximum absolute atomic E-state index is 14.2. The van der Waals surface area contributed by atoms with Gasteiger partial charge in [-0.1, -0.05) is 23.7 Å². The smallest absolute Gasteiger partial charge is 0.166 e. The first-order chi connectivity index (χ1) is 10.4. The third-order valence-corrected chi connectivity index (χ3v) is 3.93. The van der Waals surface area contributed by atoms with Crippen LogP contribution in [0.4, 0.5) is 4.39 Å². The van der Waals surface area contributed by atoms with Gasteiger partial charge >= 0.3 is 0 Å². The molecular formula is C16H19BrClFN2O. The summed E-state index contributed by atoms with van der Waals surface area (Å²) in [6.07, 6.45) is 3.80. The van der Waals surface area contributed by atoms with Crippen molar-refractivity contribution >= 4 is 33.7 Å². The van der Waals surface area contributed by atoms with Crippen molar-refractivity contribution in [3.05, 3.63) is 50.6 Å². The fraction of sp³-hybridized carbons (Fsp3) is 0.312. The van der Waals surface area contributed by atoms with E-state index in [9.17, 15) is 4.39 Å². The zero-order valence-electron chi connectivity index (χ0n) is 12.8. The minimum Gasteiger partial charge on any atom is -0.457 e. The number of nitrogens with zero attached hydrogens (tertiary/aromatic N) is 1. The first-order valence-corrected chi connectivity index (χ1v) is 7.95. The highest BCUT2D eigenvalue weighted by Crippen LogP contribution is 2.27. The Balaban J connectivity index is 3.01. The first kappa shape index (κ1) is 18.9. The van der Waals surface area contributed by atoms with Crippen molar-refractivity contribution < 1.29 is 9.13 Å². The lowest BCUT2D eigenvalue weighted by Crippen LogP contribution is -2.05. The van der Waals surface area contributed by atoms with E-state index in [2.05, 4.69) is 20.9 Å². The molecule has 1 rings (SSSR count). The molecule has 3 nitrogen and oxygen atoms in total. The molecule has 0 spiro atoms. The van der Waals surface area contributed by atoms with Crippen molar-refractivity contribution in [3.63, 3.8) is 0 Å². The van der Waals surface area contributed by atoms with Gasteiger partial charge in [0.05, 0.1) is 4.48 Å². The summed E-state index contributed by atoms with van der Waals surface area (Å²) < 4.78 is 20.3. The Morgan fingerprint density at radius 2 is 2.18 bits per heavy atom. The third-order valence-electron chi connectivity index (χ3n) is 2.85. The summed E-state index contributed by atoms with van der Waals surface area (Å²) in [5.74, 6) is 0.269. The highest BCUT2D eigenvalue weighted by Gasteiger charge is 2.11. The van der Waals surface area contributed by atoms with Crippen LogP contribution in [0.1, 0.15) is 25.0 Å². The number of allylic oxidation sites excluding steroid dienone is 3. The molecule has 0 saturated carbocycles. The Morgan fingerprint density at radius 1 is 1.50 bits per heavy atom. The minimum absolute atomic E-state index is 0.195. The molecule has 0 heterocycles. The summed E-state index contributed by atoms with van der Waals surface area (Å²) in [6, 6.07) is 3.32. The molecule has 0 radical (unpaired) electrons. The lowest BCUT2D eigenvalue weighted by Gasteiger charge is -2.12. The normalized spacial score (nSPS) is 13.5. The van der Waals surface area contributed by atoms with Crippen LogP contribution in [0.5, 0.6) is 5.75 Å². The second-order valence-electron chi connectivity index (χ2n) is 4.64. The van der Waals surface area contributed by atoms with Crippen molar-refractivity contribution in [2.24, 2.45) is 10.7 Å². The fourth-order valence-corrected chi connectivity index (χ4v) is 1.96. The van der Waals surface area contributed by atoms with Crippen LogP contribution in [-0.2, 0) is 6.42 Å². The van der Waals surface area contributed by atoms with Crippen molar-refractivity contribution in [2.45, 2.75) is 27.2 Å². The van der Waals surface area contributed by atoms with Crippen LogP contribution >= 0.6 is 27.5 Å². The maximum atomic E-state index is 14.2. The number of aryl methyl sites for hydroxylation is 1. The molecule has 0 fully saturated rings. The fourth-order valence-electron chi connectivity index (χ4n) is 1.73. The van der Waals surface area contributed by atoms with Gasteiger partial charge < -0.3 is 10.5 Å². The summed E-state index contributed by atoms with van der Waals surface area (Å²) in [7, 11) is 0. The van der Waals surface area contributed by atoms with Gasteiger partial charge in [0.15, 0.2) is 11.6 Å². The van der Waals surface area contributed by atoms with Gasteiger partial charge in [0.1, 0.15) is 10.9 Å². The van der Waals surface area contributed by atoms with E-state index in [1.54, 1.807) is 26.8 Å². The lowest BCUT2D eigenvalue weighted by atomic mass is 10.1. The van der Waals surface area contributed by atoms with Crippen molar-refractivity contribution in [3.8, 4) is 5.75 Å². The Hall–Kier alpha value is -1.17. The molecule has 1 aromatic carbocycles. The van der Waals surface area contributed by atoms with Gasteiger partial charge in [0.2, 0.25) is 0 Å². The van der Waals surface area contributed by atoms with E-state index >= 15 is 0 Å². The molecule has 1 aromatic rings. The highest BCUT2D eigenvalue weighted by molar-refractivity contribution is 9.12. The summed E-state index contributed by atoms with van der Waals surface area (Å²) in [4.78, 5) is 4.00. The molecule has 120 valence electrons. The zero-order valence-corrected chi connectivity index (χ0v) is 15.1.